The largest absolute Gasteiger partial charge is 0.381 e. The molecule has 0 saturated heterocycles. The van der Waals surface area contributed by atoms with Gasteiger partial charge in [0, 0.05) is 11.6 Å². The van der Waals surface area contributed by atoms with Crippen LogP contribution in [0.4, 0.5) is 8.78 Å². The average Bonchev–Trinajstić information content (AvgIpc) is 2.97. The maximum atomic E-state index is 14.0. The molecular formula is C14H14F2N4O2. The van der Waals surface area contributed by atoms with Crippen molar-refractivity contribution in [2.75, 3.05) is 6.54 Å². The van der Waals surface area contributed by atoms with Gasteiger partial charge in [-0.15, -0.1) is 0 Å². The highest BCUT2D eigenvalue weighted by Crippen LogP contribution is 2.26. The molecule has 6 nitrogen and oxygen atoms in total. The lowest BCUT2D eigenvalue weighted by Gasteiger charge is -2.29. The van der Waals surface area contributed by atoms with Crippen LogP contribution in [-0.4, -0.2) is 32.3 Å². The zero-order valence-electron chi connectivity index (χ0n) is 11.5. The summed E-state index contributed by atoms with van der Waals surface area (Å²) in [6, 6.07) is 2.82. The summed E-state index contributed by atoms with van der Waals surface area (Å²) < 4.78 is 28.3. The number of carbonyl (C=O) groups excluding carboxylic acids is 1. The molecule has 0 radical (unpaired) electrons. The van der Waals surface area contributed by atoms with Crippen LogP contribution in [0.1, 0.15) is 5.56 Å². The Hall–Kier alpha value is -2.61. The summed E-state index contributed by atoms with van der Waals surface area (Å²) in [5, 5.41) is 17.0. The van der Waals surface area contributed by atoms with Crippen LogP contribution in [0.5, 0.6) is 0 Å². The minimum atomic E-state index is -1.83. The zero-order chi connectivity index (χ0) is 16.2. The Labute approximate surface area is 125 Å². The van der Waals surface area contributed by atoms with Crippen molar-refractivity contribution < 1.29 is 18.7 Å². The molecule has 8 heteroatoms. The van der Waals surface area contributed by atoms with E-state index in [4.69, 9.17) is 0 Å². The summed E-state index contributed by atoms with van der Waals surface area (Å²) in [6.45, 7) is 2.82. The first-order chi connectivity index (χ1) is 10.4. The van der Waals surface area contributed by atoms with Gasteiger partial charge in [-0.1, -0.05) is 12.6 Å². The van der Waals surface area contributed by atoms with E-state index < -0.39 is 23.1 Å². The molecule has 0 spiro atoms. The lowest BCUT2D eigenvalue weighted by Crippen LogP contribution is -2.44. The van der Waals surface area contributed by atoms with Crippen LogP contribution in [0.15, 0.2) is 43.5 Å². The van der Waals surface area contributed by atoms with Crippen LogP contribution in [0.25, 0.3) is 0 Å². The van der Waals surface area contributed by atoms with Gasteiger partial charge in [0.25, 0.3) is 0 Å². The molecule has 0 aliphatic carbocycles. The van der Waals surface area contributed by atoms with Crippen molar-refractivity contribution in [3.05, 3.63) is 60.7 Å². The molecule has 0 saturated carbocycles. The second-order valence-corrected chi connectivity index (χ2v) is 4.67. The number of halogens is 2. The number of amides is 1. The fourth-order valence-electron chi connectivity index (χ4n) is 1.99. The van der Waals surface area contributed by atoms with Crippen molar-refractivity contribution in [2.24, 2.45) is 0 Å². The Morgan fingerprint density at radius 2 is 2.27 bits per heavy atom. The highest BCUT2D eigenvalue weighted by Gasteiger charge is 2.33. The van der Waals surface area contributed by atoms with E-state index in [1.807, 2.05) is 0 Å². The smallest absolute Gasteiger partial charge is 0.243 e. The molecule has 1 aromatic heterocycles. The molecule has 2 aromatic rings. The Bertz CT molecular complexity index is 675. The normalized spacial score (nSPS) is 13.4. The molecule has 2 rings (SSSR count). The van der Waals surface area contributed by atoms with E-state index in [0.717, 1.165) is 18.2 Å². The maximum absolute atomic E-state index is 14.0. The molecule has 1 heterocycles. The fraction of sp³-hybridized carbons (Fsp3) is 0.214. The Balaban J connectivity index is 2.34. The van der Waals surface area contributed by atoms with Crippen molar-refractivity contribution >= 4 is 5.91 Å². The molecule has 22 heavy (non-hydrogen) atoms. The molecule has 0 aliphatic heterocycles. The number of hydrogen-bond donors (Lipinski definition) is 2. The molecule has 1 amide bonds. The SMILES string of the molecule is C=CC(=O)NCC(O)(Cn1cncn1)c1ccc(F)cc1F. The van der Waals surface area contributed by atoms with Gasteiger partial charge >= 0.3 is 0 Å². The summed E-state index contributed by atoms with van der Waals surface area (Å²) in [7, 11) is 0. The van der Waals surface area contributed by atoms with Gasteiger partial charge in [-0.25, -0.2) is 18.4 Å². The van der Waals surface area contributed by atoms with E-state index in [9.17, 15) is 18.7 Å². The van der Waals surface area contributed by atoms with Crippen LogP contribution in [0.2, 0.25) is 0 Å². The van der Waals surface area contributed by atoms with Crippen molar-refractivity contribution in [3.8, 4) is 0 Å². The lowest BCUT2D eigenvalue weighted by molar-refractivity contribution is -0.118. The van der Waals surface area contributed by atoms with E-state index in [1.54, 1.807) is 0 Å². The molecule has 1 unspecified atom stereocenters. The van der Waals surface area contributed by atoms with Crippen molar-refractivity contribution in [1.29, 1.82) is 0 Å². The second kappa shape index (κ2) is 6.44. The van der Waals surface area contributed by atoms with Gasteiger partial charge < -0.3 is 10.4 Å². The number of aromatic nitrogens is 3. The number of nitrogens with zero attached hydrogens (tertiary/aromatic N) is 3. The summed E-state index contributed by atoms with van der Waals surface area (Å²) in [5.41, 5.74) is -1.99. The van der Waals surface area contributed by atoms with Gasteiger partial charge in [0.2, 0.25) is 5.91 Å². The number of hydrogen-bond acceptors (Lipinski definition) is 4. The summed E-state index contributed by atoms with van der Waals surface area (Å²) in [6.07, 6.45) is 3.61. The van der Waals surface area contributed by atoms with Crippen LogP contribution >= 0.6 is 0 Å². The first kappa shape index (κ1) is 15.8. The first-order valence-electron chi connectivity index (χ1n) is 6.35. The van der Waals surface area contributed by atoms with E-state index in [1.165, 1.54) is 17.3 Å². The van der Waals surface area contributed by atoms with Crippen LogP contribution < -0.4 is 5.32 Å². The topological polar surface area (TPSA) is 80.0 Å². The molecule has 1 atom stereocenters. The van der Waals surface area contributed by atoms with Crippen LogP contribution in [0, 0.1) is 11.6 Å². The lowest BCUT2D eigenvalue weighted by atomic mass is 9.93. The van der Waals surface area contributed by atoms with Crippen LogP contribution in [0.3, 0.4) is 0 Å². The minimum Gasteiger partial charge on any atom is -0.381 e. The van der Waals surface area contributed by atoms with Gasteiger partial charge in [-0.05, 0) is 12.1 Å². The maximum Gasteiger partial charge on any atom is 0.243 e. The highest BCUT2D eigenvalue weighted by atomic mass is 19.1. The summed E-state index contributed by atoms with van der Waals surface area (Å²) >= 11 is 0. The number of carbonyl (C=O) groups is 1. The Morgan fingerprint density at radius 1 is 1.50 bits per heavy atom. The standard InChI is InChI=1S/C14H14F2N4O2/c1-2-13(21)18-6-14(22,7-20-9-17-8-19-20)11-4-3-10(15)5-12(11)16/h2-5,8-9,22H,1,6-7H2,(H,18,21). The van der Waals surface area contributed by atoms with Crippen molar-refractivity contribution in [2.45, 2.75) is 12.1 Å². The zero-order valence-corrected chi connectivity index (χ0v) is 11.5. The molecule has 2 N–H and O–H groups in total. The Kier molecular flexibility index (Phi) is 4.62. The molecule has 0 bridgehead atoms. The van der Waals surface area contributed by atoms with Crippen molar-refractivity contribution in [1.82, 2.24) is 20.1 Å². The average molecular weight is 308 g/mol. The quantitative estimate of drug-likeness (QED) is 0.772. The third-order valence-corrected chi connectivity index (χ3v) is 3.06. The summed E-state index contributed by atoms with van der Waals surface area (Å²) in [4.78, 5) is 15.0. The van der Waals surface area contributed by atoms with Crippen LogP contribution in [-0.2, 0) is 16.9 Å². The fourth-order valence-corrected chi connectivity index (χ4v) is 1.99. The predicted molar refractivity (Wildman–Crippen MR) is 73.5 cm³/mol. The predicted octanol–water partition coefficient (Wildman–Crippen LogP) is 0.746. The van der Waals surface area contributed by atoms with Crippen molar-refractivity contribution in [3.63, 3.8) is 0 Å². The molecule has 0 aliphatic rings. The van der Waals surface area contributed by atoms with E-state index in [2.05, 4.69) is 22.0 Å². The second-order valence-electron chi connectivity index (χ2n) is 4.67. The molecule has 0 fully saturated rings. The van der Waals surface area contributed by atoms with Gasteiger partial charge in [-0.3, -0.25) is 4.79 Å². The molecule has 116 valence electrons. The van der Waals surface area contributed by atoms with Gasteiger partial charge in [0.05, 0.1) is 13.1 Å². The van der Waals surface area contributed by atoms with E-state index >= 15 is 0 Å². The summed E-state index contributed by atoms with van der Waals surface area (Å²) in [5.74, 6) is -2.21. The third kappa shape index (κ3) is 3.53. The minimum absolute atomic E-state index is 0.159. The van der Waals surface area contributed by atoms with Gasteiger partial charge in [0.1, 0.15) is 29.9 Å². The number of rotatable bonds is 6. The number of benzene rings is 1. The molecule has 1 aromatic carbocycles. The number of nitrogens with one attached hydrogen (secondary N) is 1. The third-order valence-electron chi connectivity index (χ3n) is 3.06. The van der Waals surface area contributed by atoms with Gasteiger partial charge in [0.15, 0.2) is 0 Å². The Morgan fingerprint density at radius 3 is 2.86 bits per heavy atom. The van der Waals surface area contributed by atoms with E-state index in [-0.39, 0.29) is 18.7 Å². The monoisotopic (exact) mass is 308 g/mol. The van der Waals surface area contributed by atoms with E-state index in [0.29, 0.717) is 6.07 Å². The van der Waals surface area contributed by atoms with Gasteiger partial charge in [-0.2, -0.15) is 5.10 Å². The molecular weight excluding hydrogens is 294 g/mol. The number of aliphatic hydroxyl groups is 1. The highest BCUT2D eigenvalue weighted by molar-refractivity contribution is 5.86. The first-order valence-corrected chi connectivity index (χ1v) is 6.35.